The van der Waals surface area contributed by atoms with E-state index in [9.17, 15) is 0 Å². The summed E-state index contributed by atoms with van der Waals surface area (Å²) in [5.74, 6) is 1.58. The van der Waals surface area contributed by atoms with E-state index in [1.807, 2.05) is 17.6 Å². The Balaban J connectivity index is 1.29. The smallest absolute Gasteiger partial charge is 0.133 e. The van der Waals surface area contributed by atoms with Gasteiger partial charge >= 0.3 is 0 Å². The van der Waals surface area contributed by atoms with Crippen molar-refractivity contribution in [1.82, 2.24) is 29.7 Å². The fourth-order valence-electron chi connectivity index (χ4n) is 4.32. The van der Waals surface area contributed by atoms with Crippen LogP contribution in [0.1, 0.15) is 35.8 Å². The van der Waals surface area contributed by atoms with Crippen LogP contribution in [0.3, 0.4) is 0 Å². The van der Waals surface area contributed by atoms with Crippen molar-refractivity contribution in [2.75, 3.05) is 32.7 Å². The second-order valence-electron chi connectivity index (χ2n) is 8.24. The molecular formula is C22H25N7. The Hall–Kier alpha value is -2.93. The molecule has 2 aromatic rings. The first-order chi connectivity index (χ1) is 14.2. The second kappa shape index (κ2) is 6.56. The van der Waals surface area contributed by atoms with Crippen molar-refractivity contribution in [2.24, 2.45) is 4.99 Å². The van der Waals surface area contributed by atoms with Crippen LogP contribution in [0.2, 0.25) is 0 Å². The lowest BCUT2D eigenvalue weighted by atomic mass is 10.1. The third-order valence-corrected chi connectivity index (χ3v) is 6.01. The number of nitrogens with one attached hydrogen (secondary N) is 1. The lowest BCUT2D eigenvalue weighted by molar-refractivity contribution is 0.302. The summed E-state index contributed by atoms with van der Waals surface area (Å²) in [6.45, 7) is 7.04. The summed E-state index contributed by atoms with van der Waals surface area (Å²) < 4.78 is 1.98. The van der Waals surface area contributed by atoms with Crippen LogP contribution in [0.5, 0.6) is 0 Å². The van der Waals surface area contributed by atoms with Crippen molar-refractivity contribution in [3.63, 3.8) is 0 Å². The van der Waals surface area contributed by atoms with E-state index < -0.39 is 0 Å². The number of rotatable bonds is 3. The van der Waals surface area contributed by atoms with Gasteiger partial charge in [-0.1, -0.05) is 0 Å². The number of amidine groups is 1. The molecule has 2 fully saturated rings. The molecule has 1 aliphatic carbocycles. The number of piperazine rings is 1. The first-order valence-corrected chi connectivity index (χ1v) is 10.5. The molecule has 0 spiro atoms. The van der Waals surface area contributed by atoms with Crippen LogP contribution in [-0.2, 0) is 0 Å². The van der Waals surface area contributed by atoms with Crippen molar-refractivity contribution in [1.29, 1.82) is 0 Å². The molecule has 0 aromatic carbocycles. The maximum atomic E-state index is 4.91. The molecule has 0 amide bonds. The second-order valence-corrected chi connectivity index (χ2v) is 8.24. The van der Waals surface area contributed by atoms with Crippen LogP contribution < -0.4 is 5.32 Å². The minimum absolute atomic E-state index is 0.596. The van der Waals surface area contributed by atoms with Crippen LogP contribution in [-0.4, -0.2) is 63.0 Å². The number of nitrogens with zero attached hydrogens (tertiary/aromatic N) is 6. The number of hydrogen-bond acceptors (Lipinski definition) is 6. The van der Waals surface area contributed by atoms with Crippen molar-refractivity contribution < 1.29 is 0 Å². The highest BCUT2D eigenvalue weighted by Gasteiger charge is 2.29. The molecule has 7 nitrogen and oxygen atoms in total. The first kappa shape index (κ1) is 17.0. The topological polar surface area (TPSA) is 61.1 Å². The van der Waals surface area contributed by atoms with Gasteiger partial charge in [0.05, 0.1) is 34.5 Å². The standard InChI is InChI=1S/C22H25N7/c1-15-13-29-20(22(24-15)16-2-3-16)12-19(26-29)18-6-9-28-14-17(4-5-21(28)25-18)27-10-7-23-8-11-27/h4-6,12-14,16,23H,2-3,7-11H2,1H3. The van der Waals surface area contributed by atoms with Gasteiger partial charge in [0.15, 0.2) is 0 Å². The predicted octanol–water partition coefficient (Wildman–Crippen LogP) is 2.29. The van der Waals surface area contributed by atoms with Crippen molar-refractivity contribution in [3.05, 3.63) is 59.5 Å². The number of hydrogen-bond donors (Lipinski definition) is 1. The molecule has 2 aromatic heterocycles. The summed E-state index contributed by atoms with van der Waals surface area (Å²) in [6.07, 6.45) is 13.2. The molecule has 148 valence electrons. The Kier molecular flexibility index (Phi) is 3.84. The van der Waals surface area contributed by atoms with E-state index in [0.29, 0.717) is 5.92 Å². The lowest BCUT2D eigenvalue weighted by Crippen LogP contribution is -2.44. The largest absolute Gasteiger partial charge is 0.368 e. The van der Waals surface area contributed by atoms with Gasteiger partial charge < -0.3 is 15.1 Å². The third-order valence-electron chi connectivity index (χ3n) is 6.01. The van der Waals surface area contributed by atoms with Gasteiger partial charge in [0.25, 0.3) is 0 Å². The molecule has 4 aliphatic rings. The van der Waals surface area contributed by atoms with E-state index in [1.165, 1.54) is 24.2 Å². The summed E-state index contributed by atoms with van der Waals surface area (Å²) >= 11 is 0. The summed E-state index contributed by atoms with van der Waals surface area (Å²) in [4.78, 5) is 14.3. The average Bonchev–Trinajstić information content (AvgIpc) is 3.52. The van der Waals surface area contributed by atoms with Crippen molar-refractivity contribution in [2.45, 2.75) is 25.7 Å². The highest BCUT2D eigenvalue weighted by molar-refractivity contribution is 6.00. The van der Waals surface area contributed by atoms with E-state index in [2.05, 4.69) is 45.6 Å². The van der Waals surface area contributed by atoms with E-state index >= 15 is 0 Å². The number of allylic oxidation sites excluding steroid dienone is 1. The fraction of sp³-hybridized carbons (Fsp3) is 0.409. The highest BCUT2D eigenvalue weighted by Crippen LogP contribution is 2.41. The van der Waals surface area contributed by atoms with E-state index in [4.69, 9.17) is 15.1 Å². The van der Waals surface area contributed by atoms with Crippen LogP contribution >= 0.6 is 0 Å². The fourth-order valence-corrected chi connectivity index (χ4v) is 4.32. The monoisotopic (exact) mass is 387 g/mol. The molecule has 1 saturated carbocycles. The lowest BCUT2D eigenvalue weighted by Gasteiger charge is -2.34. The zero-order valence-corrected chi connectivity index (χ0v) is 16.7. The normalized spacial score (nSPS) is 21.8. The number of aryl methyl sites for hydroxylation is 1. The van der Waals surface area contributed by atoms with E-state index in [1.54, 1.807) is 0 Å². The molecule has 5 heterocycles. The average molecular weight is 387 g/mol. The Labute approximate surface area is 170 Å². The summed E-state index contributed by atoms with van der Waals surface area (Å²) in [7, 11) is 0. The molecule has 0 radical (unpaired) electrons. The SMILES string of the molecule is Cc1cn2nc(C3=CCN4C=C(N5CCNCC5)C=CC4=N3)cc2c(C2CC2)n1. The Morgan fingerprint density at radius 3 is 2.83 bits per heavy atom. The van der Waals surface area contributed by atoms with Crippen LogP contribution in [0, 0.1) is 6.92 Å². The molecule has 0 unspecified atom stereocenters. The number of aromatic nitrogens is 3. The molecule has 0 bridgehead atoms. The minimum Gasteiger partial charge on any atom is -0.368 e. The highest BCUT2D eigenvalue weighted by atomic mass is 15.3. The molecule has 0 atom stereocenters. The first-order valence-electron chi connectivity index (χ1n) is 10.5. The van der Waals surface area contributed by atoms with Crippen LogP contribution in [0.15, 0.2) is 47.4 Å². The van der Waals surface area contributed by atoms with E-state index in [-0.39, 0.29) is 0 Å². The Bertz CT molecular complexity index is 1090. The van der Waals surface area contributed by atoms with E-state index in [0.717, 1.165) is 61.2 Å². The van der Waals surface area contributed by atoms with Gasteiger partial charge in [-0.2, -0.15) is 5.10 Å². The van der Waals surface area contributed by atoms with Gasteiger partial charge in [0.1, 0.15) is 11.5 Å². The summed E-state index contributed by atoms with van der Waals surface area (Å²) in [6, 6.07) is 2.15. The van der Waals surface area contributed by atoms with Crippen molar-refractivity contribution in [3.8, 4) is 0 Å². The molecular weight excluding hydrogens is 362 g/mol. The zero-order chi connectivity index (χ0) is 19.4. The molecule has 1 saturated heterocycles. The Morgan fingerprint density at radius 1 is 1.14 bits per heavy atom. The van der Waals surface area contributed by atoms with Crippen molar-refractivity contribution >= 4 is 17.0 Å². The van der Waals surface area contributed by atoms with Gasteiger partial charge in [0, 0.05) is 44.8 Å². The van der Waals surface area contributed by atoms with Crippen LogP contribution in [0.4, 0.5) is 0 Å². The summed E-state index contributed by atoms with van der Waals surface area (Å²) in [5, 5.41) is 8.23. The molecule has 7 heteroatoms. The molecule has 6 rings (SSSR count). The third kappa shape index (κ3) is 3.06. The quantitative estimate of drug-likeness (QED) is 0.876. The molecule has 3 aliphatic heterocycles. The zero-order valence-electron chi connectivity index (χ0n) is 16.7. The van der Waals surface area contributed by atoms with Gasteiger partial charge in [-0.3, -0.25) is 4.98 Å². The maximum absolute atomic E-state index is 4.91. The molecule has 29 heavy (non-hydrogen) atoms. The molecule has 1 N–H and O–H groups in total. The van der Waals surface area contributed by atoms with Gasteiger partial charge in [-0.15, -0.1) is 0 Å². The minimum atomic E-state index is 0.596. The summed E-state index contributed by atoms with van der Waals surface area (Å²) in [5.41, 5.74) is 6.47. The van der Waals surface area contributed by atoms with Gasteiger partial charge in [0.2, 0.25) is 0 Å². The van der Waals surface area contributed by atoms with Crippen LogP contribution in [0.25, 0.3) is 11.2 Å². The number of aliphatic imine (C=N–C) groups is 1. The number of fused-ring (bicyclic) bond motifs is 2. The maximum Gasteiger partial charge on any atom is 0.133 e. The Morgan fingerprint density at radius 2 is 2.00 bits per heavy atom. The van der Waals surface area contributed by atoms with Gasteiger partial charge in [-0.25, -0.2) is 9.51 Å². The van der Waals surface area contributed by atoms with Gasteiger partial charge in [-0.05, 0) is 44.1 Å². The predicted molar refractivity (Wildman–Crippen MR) is 113 cm³/mol.